The minimum atomic E-state index is -0.378. The van der Waals surface area contributed by atoms with Gasteiger partial charge in [0.25, 0.3) is 0 Å². The fraction of sp³-hybridized carbons (Fsp3) is 0.125. The molecule has 1 aromatic heterocycles. The second-order valence-electron chi connectivity index (χ2n) is 4.58. The second-order valence-corrected chi connectivity index (χ2v) is 4.58. The molecule has 0 atom stereocenters. The van der Waals surface area contributed by atoms with Crippen molar-refractivity contribution in [2.45, 2.75) is 6.92 Å². The van der Waals surface area contributed by atoms with Crippen molar-refractivity contribution in [1.82, 2.24) is 0 Å². The number of ketones is 1. The zero-order valence-electron chi connectivity index (χ0n) is 10.9. The molecule has 0 radical (unpaired) electrons. The van der Waals surface area contributed by atoms with Gasteiger partial charge in [-0.05, 0) is 30.5 Å². The van der Waals surface area contributed by atoms with E-state index in [1.807, 2.05) is 18.2 Å². The molecule has 1 heterocycles. The predicted molar refractivity (Wildman–Crippen MR) is 76.2 cm³/mol. The molecule has 0 aliphatic heterocycles. The third kappa shape index (κ3) is 2.16. The fourth-order valence-electron chi connectivity index (χ4n) is 2.14. The van der Waals surface area contributed by atoms with E-state index in [1.54, 1.807) is 24.3 Å². The van der Waals surface area contributed by atoms with E-state index < -0.39 is 0 Å². The van der Waals surface area contributed by atoms with Crippen LogP contribution < -0.4 is 10.4 Å². The van der Waals surface area contributed by atoms with Gasteiger partial charge in [0.05, 0.1) is 5.39 Å². The molecule has 20 heavy (non-hydrogen) atoms. The molecule has 4 heteroatoms. The SMILES string of the molecule is CC(=O)COc1ccc2c(c1)oc(=O)c1ccccc12. The Morgan fingerprint density at radius 3 is 2.60 bits per heavy atom. The molecular formula is C16H12O4. The first-order valence-electron chi connectivity index (χ1n) is 6.23. The van der Waals surface area contributed by atoms with Crippen LogP contribution in [-0.4, -0.2) is 12.4 Å². The molecule has 0 unspecified atom stereocenters. The van der Waals surface area contributed by atoms with Gasteiger partial charge in [0.15, 0.2) is 5.78 Å². The molecule has 100 valence electrons. The first-order chi connectivity index (χ1) is 9.65. The van der Waals surface area contributed by atoms with Crippen molar-refractivity contribution >= 4 is 27.5 Å². The van der Waals surface area contributed by atoms with Gasteiger partial charge in [-0.25, -0.2) is 4.79 Å². The molecule has 0 bridgehead atoms. The molecule has 3 aromatic rings. The zero-order chi connectivity index (χ0) is 14.1. The third-order valence-electron chi connectivity index (χ3n) is 3.03. The molecule has 0 saturated carbocycles. The molecule has 0 spiro atoms. The van der Waals surface area contributed by atoms with Crippen LogP contribution in [0, 0.1) is 0 Å². The Morgan fingerprint density at radius 2 is 1.85 bits per heavy atom. The lowest BCUT2D eigenvalue weighted by atomic mass is 10.1. The van der Waals surface area contributed by atoms with Crippen LogP contribution in [0.3, 0.4) is 0 Å². The van der Waals surface area contributed by atoms with Crippen LogP contribution in [0.2, 0.25) is 0 Å². The first-order valence-corrected chi connectivity index (χ1v) is 6.23. The molecule has 0 saturated heterocycles. The number of carbonyl (C=O) groups is 1. The molecule has 0 fully saturated rings. The highest BCUT2D eigenvalue weighted by Gasteiger charge is 2.08. The molecule has 0 N–H and O–H groups in total. The normalized spacial score (nSPS) is 10.8. The summed E-state index contributed by atoms with van der Waals surface area (Å²) in [7, 11) is 0. The van der Waals surface area contributed by atoms with Gasteiger partial charge in [0.2, 0.25) is 0 Å². The van der Waals surface area contributed by atoms with E-state index >= 15 is 0 Å². The average Bonchev–Trinajstić information content (AvgIpc) is 2.45. The molecular weight excluding hydrogens is 256 g/mol. The number of fused-ring (bicyclic) bond motifs is 3. The Bertz CT molecular complexity index is 861. The van der Waals surface area contributed by atoms with Crippen LogP contribution in [0.5, 0.6) is 5.75 Å². The lowest BCUT2D eigenvalue weighted by Gasteiger charge is -2.06. The Kier molecular flexibility index (Phi) is 2.99. The van der Waals surface area contributed by atoms with Gasteiger partial charge in [-0.15, -0.1) is 0 Å². The molecule has 2 aromatic carbocycles. The van der Waals surface area contributed by atoms with E-state index in [0.717, 1.165) is 10.8 Å². The number of rotatable bonds is 3. The highest BCUT2D eigenvalue weighted by atomic mass is 16.5. The summed E-state index contributed by atoms with van der Waals surface area (Å²) in [5.41, 5.74) is 0.0755. The summed E-state index contributed by atoms with van der Waals surface area (Å²) in [6, 6.07) is 12.5. The Hall–Kier alpha value is -2.62. The van der Waals surface area contributed by atoms with Gasteiger partial charge >= 0.3 is 5.63 Å². The number of ether oxygens (including phenoxy) is 1. The van der Waals surface area contributed by atoms with Crippen LogP contribution in [0.15, 0.2) is 51.7 Å². The van der Waals surface area contributed by atoms with Crippen LogP contribution in [0.4, 0.5) is 0 Å². The van der Waals surface area contributed by atoms with Gasteiger partial charge in [0, 0.05) is 11.5 Å². The van der Waals surface area contributed by atoms with E-state index in [9.17, 15) is 9.59 Å². The van der Waals surface area contributed by atoms with Gasteiger partial charge in [-0.3, -0.25) is 4.79 Å². The average molecular weight is 268 g/mol. The minimum Gasteiger partial charge on any atom is -0.486 e. The number of carbonyl (C=O) groups excluding carboxylic acids is 1. The lowest BCUT2D eigenvalue weighted by molar-refractivity contribution is -0.118. The topological polar surface area (TPSA) is 56.5 Å². The standard InChI is InChI=1S/C16H12O4/c1-10(17)9-19-11-6-7-13-12-4-2-3-5-14(12)16(18)20-15(13)8-11/h2-8H,9H2,1H3. The van der Waals surface area contributed by atoms with Crippen LogP contribution in [-0.2, 0) is 4.79 Å². The molecule has 3 rings (SSSR count). The maximum Gasteiger partial charge on any atom is 0.344 e. The second kappa shape index (κ2) is 4.81. The Morgan fingerprint density at radius 1 is 1.10 bits per heavy atom. The molecule has 0 amide bonds. The van der Waals surface area contributed by atoms with Crippen molar-refractivity contribution in [2.24, 2.45) is 0 Å². The van der Waals surface area contributed by atoms with E-state index in [2.05, 4.69) is 0 Å². The van der Waals surface area contributed by atoms with E-state index in [4.69, 9.17) is 9.15 Å². The summed E-state index contributed by atoms with van der Waals surface area (Å²) in [5, 5.41) is 2.24. The molecule has 4 nitrogen and oxygen atoms in total. The van der Waals surface area contributed by atoms with Crippen molar-refractivity contribution in [1.29, 1.82) is 0 Å². The fourth-order valence-corrected chi connectivity index (χ4v) is 2.14. The van der Waals surface area contributed by atoms with Crippen molar-refractivity contribution in [3.63, 3.8) is 0 Å². The summed E-state index contributed by atoms with van der Waals surface area (Å²) in [4.78, 5) is 22.8. The van der Waals surface area contributed by atoms with Crippen LogP contribution in [0.25, 0.3) is 21.7 Å². The largest absolute Gasteiger partial charge is 0.486 e. The van der Waals surface area contributed by atoms with Crippen molar-refractivity contribution in [2.75, 3.05) is 6.61 Å². The third-order valence-corrected chi connectivity index (χ3v) is 3.03. The van der Waals surface area contributed by atoms with Crippen molar-refractivity contribution in [3.05, 3.63) is 52.9 Å². The van der Waals surface area contributed by atoms with Crippen molar-refractivity contribution < 1.29 is 13.9 Å². The summed E-state index contributed by atoms with van der Waals surface area (Å²) in [6.45, 7) is 1.46. The summed E-state index contributed by atoms with van der Waals surface area (Å²) in [5.74, 6) is 0.441. The highest BCUT2D eigenvalue weighted by molar-refractivity contribution is 6.04. The number of Topliss-reactive ketones (excluding diaryl/α,β-unsaturated/α-hetero) is 1. The maximum atomic E-state index is 11.9. The van der Waals surface area contributed by atoms with Crippen LogP contribution in [0.1, 0.15) is 6.92 Å². The van der Waals surface area contributed by atoms with Gasteiger partial charge in [-0.2, -0.15) is 0 Å². The van der Waals surface area contributed by atoms with Gasteiger partial charge < -0.3 is 9.15 Å². The first kappa shape index (κ1) is 12.4. The molecule has 0 aliphatic carbocycles. The summed E-state index contributed by atoms with van der Waals surface area (Å²) < 4.78 is 10.6. The summed E-state index contributed by atoms with van der Waals surface area (Å²) in [6.07, 6.45) is 0. The monoisotopic (exact) mass is 268 g/mol. The van der Waals surface area contributed by atoms with Crippen LogP contribution >= 0.6 is 0 Å². The number of benzene rings is 2. The lowest BCUT2D eigenvalue weighted by Crippen LogP contribution is -2.06. The van der Waals surface area contributed by atoms with E-state index in [-0.39, 0.29) is 18.0 Å². The minimum absolute atomic E-state index is 0.00329. The molecule has 0 aliphatic rings. The Balaban J connectivity index is 2.18. The van der Waals surface area contributed by atoms with Gasteiger partial charge in [-0.1, -0.05) is 18.2 Å². The van der Waals surface area contributed by atoms with Crippen molar-refractivity contribution in [3.8, 4) is 5.75 Å². The Labute approximate surface area is 114 Å². The predicted octanol–water partition coefficient (Wildman–Crippen LogP) is 2.91. The zero-order valence-corrected chi connectivity index (χ0v) is 10.9. The van der Waals surface area contributed by atoms with E-state index in [0.29, 0.717) is 16.7 Å². The highest BCUT2D eigenvalue weighted by Crippen LogP contribution is 2.26. The van der Waals surface area contributed by atoms with E-state index in [1.165, 1.54) is 6.92 Å². The number of hydrogen-bond acceptors (Lipinski definition) is 4. The number of hydrogen-bond donors (Lipinski definition) is 0. The maximum absolute atomic E-state index is 11.9. The quantitative estimate of drug-likeness (QED) is 0.541. The summed E-state index contributed by atoms with van der Waals surface area (Å²) >= 11 is 0. The van der Waals surface area contributed by atoms with Gasteiger partial charge in [0.1, 0.15) is 17.9 Å². The smallest absolute Gasteiger partial charge is 0.344 e.